The number of halogens is 1. The van der Waals surface area contributed by atoms with Crippen LogP contribution in [0.2, 0.25) is 0 Å². The molecule has 1 atom stereocenters. The second kappa shape index (κ2) is 11.0. The fourth-order valence-electron chi connectivity index (χ4n) is 6.22. The topological polar surface area (TPSA) is 102 Å². The number of ether oxygens (including phenoxy) is 1. The van der Waals surface area contributed by atoms with E-state index in [1.807, 2.05) is 66.7 Å². The van der Waals surface area contributed by atoms with Crippen LogP contribution in [0.25, 0.3) is 22.2 Å². The Labute approximate surface area is 253 Å². The highest BCUT2D eigenvalue weighted by Crippen LogP contribution is 2.40. The van der Waals surface area contributed by atoms with Crippen molar-refractivity contribution in [3.05, 3.63) is 113 Å². The lowest BCUT2D eigenvalue weighted by molar-refractivity contribution is 0.0723. The Balaban J connectivity index is 1.19. The summed E-state index contributed by atoms with van der Waals surface area (Å²) in [6.45, 7) is 2.54. The van der Waals surface area contributed by atoms with Gasteiger partial charge in [-0.1, -0.05) is 36.4 Å². The Morgan fingerprint density at radius 1 is 0.955 bits per heavy atom. The van der Waals surface area contributed by atoms with E-state index in [-0.39, 0.29) is 5.91 Å². The van der Waals surface area contributed by atoms with E-state index in [9.17, 15) is 19.1 Å². The Morgan fingerprint density at radius 2 is 1.70 bits per heavy atom. The molecule has 9 nitrogen and oxygen atoms in total. The zero-order valence-corrected chi connectivity index (χ0v) is 24.0. The van der Waals surface area contributed by atoms with Crippen molar-refractivity contribution in [1.82, 2.24) is 19.8 Å². The molecule has 0 bridgehead atoms. The number of hydrogen-bond acceptors (Lipinski definition) is 5. The van der Waals surface area contributed by atoms with Crippen LogP contribution >= 0.6 is 0 Å². The van der Waals surface area contributed by atoms with Gasteiger partial charge in [-0.2, -0.15) is 0 Å². The third-order valence-corrected chi connectivity index (χ3v) is 8.52. The molecule has 4 aromatic carbocycles. The maximum absolute atomic E-state index is 14.6. The van der Waals surface area contributed by atoms with E-state index < -0.39 is 18.0 Å². The number of aromatic amines is 1. The molecule has 0 spiro atoms. The van der Waals surface area contributed by atoms with Gasteiger partial charge in [-0.15, -0.1) is 0 Å². The van der Waals surface area contributed by atoms with Crippen LogP contribution < -0.4 is 9.64 Å². The largest absolute Gasteiger partial charge is 0.496 e. The molecule has 1 saturated heterocycles. The van der Waals surface area contributed by atoms with Gasteiger partial charge in [-0.25, -0.2) is 14.2 Å². The van der Waals surface area contributed by atoms with Crippen LogP contribution in [0.3, 0.4) is 0 Å². The summed E-state index contributed by atoms with van der Waals surface area (Å²) in [6.07, 6.45) is -0.885. The molecule has 7 rings (SSSR count). The maximum atomic E-state index is 14.6. The van der Waals surface area contributed by atoms with Crippen LogP contribution in [0.4, 0.5) is 14.9 Å². The molecule has 2 N–H and O–H groups in total. The molecule has 2 aliphatic heterocycles. The lowest BCUT2D eigenvalue weighted by Gasteiger charge is -2.34. The summed E-state index contributed by atoms with van der Waals surface area (Å²) in [7, 11) is 1.53. The highest BCUT2D eigenvalue weighted by molar-refractivity contribution is 6.00. The summed E-state index contributed by atoms with van der Waals surface area (Å²) in [5.41, 5.74) is 6.45. The number of piperazine rings is 1. The molecule has 10 heteroatoms. The van der Waals surface area contributed by atoms with Gasteiger partial charge >= 0.3 is 6.09 Å². The molecular weight excluding hydrogens is 561 g/mol. The average molecular weight is 592 g/mol. The second-order valence-corrected chi connectivity index (χ2v) is 11.0. The normalized spacial score (nSPS) is 15.5. The summed E-state index contributed by atoms with van der Waals surface area (Å²) in [5, 5.41) is 9.23. The molecule has 5 aromatic rings. The second-order valence-electron chi connectivity index (χ2n) is 11.0. The Hall–Kier alpha value is -5.38. The number of methoxy groups -OCH3 is 1. The van der Waals surface area contributed by atoms with Crippen LogP contribution in [0.1, 0.15) is 33.4 Å². The minimum Gasteiger partial charge on any atom is -0.496 e. The molecule has 0 radical (unpaired) electrons. The van der Waals surface area contributed by atoms with Crippen molar-refractivity contribution in [3.63, 3.8) is 0 Å². The van der Waals surface area contributed by atoms with E-state index >= 15 is 0 Å². The van der Waals surface area contributed by atoms with Crippen molar-refractivity contribution in [1.29, 1.82) is 0 Å². The molecule has 2 amide bonds. The SMILES string of the molecule is COc1ccc(F)cc1C(c1nc2ccccc2[nH]1)N1Cc2ccc(-c3ccc(N4CCN(C(=O)O)CC4)cc3)cc2C1=O. The predicted molar refractivity (Wildman–Crippen MR) is 164 cm³/mol. The Kier molecular flexibility index (Phi) is 6.88. The number of hydrogen-bond donors (Lipinski definition) is 2. The third-order valence-electron chi connectivity index (χ3n) is 8.52. The summed E-state index contributed by atoms with van der Waals surface area (Å²) in [6, 6.07) is 25.2. The number of nitrogens with zero attached hydrogens (tertiary/aromatic N) is 4. The predicted octanol–water partition coefficient (Wildman–Crippen LogP) is 5.92. The van der Waals surface area contributed by atoms with Gasteiger partial charge in [0.15, 0.2) is 0 Å². The zero-order chi connectivity index (χ0) is 30.4. The Bertz CT molecular complexity index is 1850. The lowest BCUT2D eigenvalue weighted by atomic mass is 10.00. The number of amides is 2. The summed E-state index contributed by atoms with van der Waals surface area (Å²) in [4.78, 5) is 38.8. The fraction of sp³-hybridized carbons (Fsp3) is 0.206. The first kappa shape index (κ1) is 27.5. The van der Waals surface area contributed by atoms with Crippen molar-refractivity contribution < 1.29 is 23.8 Å². The number of rotatable bonds is 6. The summed E-state index contributed by atoms with van der Waals surface area (Å²) >= 11 is 0. The maximum Gasteiger partial charge on any atom is 0.407 e. The van der Waals surface area contributed by atoms with Gasteiger partial charge in [0, 0.05) is 49.5 Å². The van der Waals surface area contributed by atoms with E-state index in [0.29, 0.717) is 55.4 Å². The van der Waals surface area contributed by atoms with Crippen molar-refractivity contribution in [3.8, 4) is 16.9 Å². The average Bonchev–Trinajstić information content (AvgIpc) is 3.62. The van der Waals surface area contributed by atoms with Crippen molar-refractivity contribution >= 4 is 28.7 Å². The van der Waals surface area contributed by atoms with Gasteiger partial charge in [0.05, 0.1) is 18.1 Å². The van der Waals surface area contributed by atoms with Crippen LogP contribution in [-0.4, -0.2) is 70.2 Å². The number of anilines is 1. The standard InChI is InChI=1S/C34H30FN5O4/c1-44-30-13-10-24(35)19-27(30)31(32-36-28-4-2-3-5-29(28)37-32)40-20-23-7-6-22(18-26(23)33(40)41)21-8-11-25(12-9-21)38-14-16-39(17-15-38)34(42)43/h2-13,18-19,31H,14-17,20H2,1H3,(H,36,37)(H,42,43). The van der Waals surface area contributed by atoms with Gasteiger partial charge < -0.3 is 29.5 Å². The van der Waals surface area contributed by atoms with Crippen molar-refractivity contribution in [2.45, 2.75) is 12.6 Å². The number of carboxylic acid groups (broad SMARTS) is 1. The number of benzene rings is 4. The van der Waals surface area contributed by atoms with Crippen LogP contribution in [0, 0.1) is 5.82 Å². The van der Waals surface area contributed by atoms with E-state index in [2.05, 4.69) is 9.88 Å². The van der Waals surface area contributed by atoms with Gasteiger partial charge in [0.2, 0.25) is 0 Å². The molecule has 1 fully saturated rings. The molecule has 0 saturated carbocycles. The zero-order valence-electron chi connectivity index (χ0n) is 24.0. The number of carbonyl (C=O) groups is 2. The highest BCUT2D eigenvalue weighted by atomic mass is 19.1. The van der Waals surface area contributed by atoms with Gasteiger partial charge in [-0.05, 0) is 65.2 Å². The first-order chi connectivity index (χ1) is 21.4. The summed E-state index contributed by atoms with van der Waals surface area (Å²) in [5.74, 6) is 0.383. The number of fused-ring (bicyclic) bond motifs is 2. The smallest absolute Gasteiger partial charge is 0.407 e. The number of H-pyrrole nitrogens is 1. The van der Waals surface area contributed by atoms with Crippen LogP contribution in [0.15, 0.2) is 84.9 Å². The molecule has 3 heterocycles. The Morgan fingerprint density at radius 3 is 2.43 bits per heavy atom. The number of carbonyl (C=O) groups excluding carboxylic acids is 1. The van der Waals surface area contributed by atoms with Crippen molar-refractivity contribution in [2.24, 2.45) is 0 Å². The van der Waals surface area contributed by atoms with Gasteiger partial charge in [0.25, 0.3) is 5.91 Å². The van der Waals surface area contributed by atoms with Gasteiger partial charge in [0.1, 0.15) is 23.4 Å². The number of nitrogens with one attached hydrogen (secondary N) is 1. The first-order valence-electron chi connectivity index (χ1n) is 14.4. The molecule has 222 valence electrons. The highest BCUT2D eigenvalue weighted by Gasteiger charge is 2.38. The fourth-order valence-corrected chi connectivity index (χ4v) is 6.22. The molecule has 1 unspecified atom stereocenters. The van der Waals surface area contributed by atoms with Crippen LogP contribution in [0.5, 0.6) is 5.75 Å². The van der Waals surface area contributed by atoms with E-state index in [1.165, 1.54) is 24.1 Å². The van der Waals surface area contributed by atoms with Gasteiger partial charge in [-0.3, -0.25) is 4.79 Å². The van der Waals surface area contributed by atoms with E-state index in [4.69, 9.17) is 9.72 Å². The van der Waals surface area contributed by atoms with Crippen LogP contribution in [-0.2, 0) is 6.54 Å². The minimum absolute atomic E-state index is 0.174. The number of para-hydroxylation sites is 2. The molecule has 1 aromatic heterocycles. The molecule has 44 heavy (non-hydrogen) atoms. The first-order valence-corrected chi connectivity index (χ1v) is 14.4. The number of imidazole rings is 1. The number of aromatic nitrogens is 2. The molecule has 0 aliphatic carbocycles. The van der Waals surface area contributed by atoms with E-state index in [1.54, 1.807) is 11.0 Å². The van der Waals surface area contributed by atoms with E-state index in [0.717, 1.165) is 33.4 Å². The third kappa shape index (κ3) is 4.88. The summed E-state index contributed by atoms with van der Waals surface area (Å²) < 4.78 is 20.2. The quantitative estimate of drug-likeness (QED) is 0.254. The molecule has 2 aliphatic rings. The molecular formula is C34H30FN5O4. The van der Waals surface area contributed by atoms with Crippen molar-refractivity contribution in [2.75, 3.05) is 38.2 Å². The lowest BCUT2D eigenvalue weighted by Crippen LogP contribution is -2.48. The monoisotopic (exact) mass is 591 g/mol. The minimum atomic E-state index is -0.885.